The Bertz CT molecular complexity index is 980. The number of benzene rings is 1. The maximum Gasteiger partial charge on any atom is 0.410 e. The molecule has 0 bridgehead atoms. The highest BCUT2D eigenvalue weighted by molar-refractivity contribution is 6.30. The Morgan fingerprint density at radius 2 is 2.00 bits per heavy atom. The highest BCUT2D eigenvalue weighted by Gasteiger charge is 2.34. The summed E-state index contributed by atoms with van der Waals surface area (Å²) in [7, 11) is 0. The zero-order valence-electron chi connectivity index (χ0n) is 17.5. The molecule has 2 aliphatic rings. The first kappa shape index (κ1) is 20.7. The van der Waals surface area contributed by atoms with Gasteiger partial charge in [-0.25, -0.2) is 4.79 Å². The largest absolute Gasteiger partial charge is 0.444 e. The van der Waals surface area contributed by atoms with Crippen LogP contribution in [0.25, 0.3) is 0 Å². The molecule has 0 spiro atoms. The van der Waals surface area contributed by atoms with Gasteiger partial charge in [0.2, 0.25) is 0 Å². The highest BCUT2D eigenvalue weighted by atomic mass is 35.5. The van der Waals surface area contributed by atoms with Crippen LogP contribution in [-0.2, 0) is 17.6 Å². The van der Waals surface area contributed by atoms with Crippen LogP contribution in [0.15, 0.2) is 36.7 Å². The third-order valence-electron chi connectivity index (χ3n) is 5.37. The van der Waals surface area contributed by atoms with Crippen molar-refractivity contribution in [1.29, 1.82) is 0 Å². The number of likely N-dealkylation sites (tertiary alicyclic amines) is 1. The molecule has 2 aromatic rings. The van der Waals surface area contributed by atoms with Gasteiger partial charge < -0.3 is 14.5 Å². The molecule has 158 valence electrons. The number of anilines is 1. The van der Waals surface area contributed by atoms with Gasteiger partial charge in [0.1, 0.15) is 5.60 Å². The average molecular weight is 428 g/mol. The van der Waals surface area contributed by atoms with Crippen molar-refractivity contribution in [1.82, 2.24) is 9.88 Å². The van der Waals surface area contributed by atoms with Crippen molar-refractivity contribution in [3.05, 3.63) is 58.4 Å². The minimum absolute atomic E-state index is 0.0217. The SMILES string of the molecule is CC(C)(C)OC(=O)N1CC(Cc2cncc(N3CCc4cc(Cl)ccc4C3=O)c2)C1. The van der Waals surface area contributed by atoms with Gasteiger partial charge in [-0.05, 0) is 74.9 Å². The number of hydrogen-bond acceptors (Lipinski definition) is 4. The van der Waals surface area contributed by atoms with Gasteiger partial charge in [0.25, 0.3) is 5.91 Å². The van der Waals surface area contributed by atoms with E-state index in [-0.39, 0.29) is 12.0 Å². The van der Waals surface area contributed by atoms with Gasteiger partial charge in [0.05, 0.1) is 11.9 Å². The van der Waals surface area contributed by atoms with Crippen LogP contribution in [0.2, 0.25) is 5.02 Å². The molecule has 4 rings (SSSR count). The molecule has 3 heterocycles. The van der Waals surface area contributed by atoms with E-state index in [1.54, 1.807) is 28.1 Å². The van der Waals surface area contributed by atoms with Crippen molar-refractivity contribution < 1.29 is 14.3 Å². The lowest BCUT2D eigenvalue weighted by atomic mass is 9.93. The first-order chi connectivity index (χ1) is 14.2. The van der Waals surface area contributed by atoms with Crippen LogP contribution in [0.4, 0.5) is 10.5 Å². The van der Waals surface area contributed by atoms with Gasteiger partial charge in [-0.15, -0.1) is 0 Å². The van der Waals surface area contributed by atoms with Crippen LogP contribution in [0.1, 0.15) is 42.3 Å². The first-order valence-electron chi connectivity index (χ1n) is 10.2. The van der Waals surface area contributed by atoms with E-state index in [2.05, 4.69) is 4.98 Å². The van der Waals surface area contributed by atoms with Crippen LogP contribution in [-0.4, -0.2) is 47.1 Å². The number of ether oxygens (including phenoxy) is 1. The lowest BCUT2D eigenvalue weighted by Crippen LogP contribution is -2.52. The molecule has 7 heteroatoms. The molecule has 0 radical (unpaired) electrons. The third-order valence-corrected chi connectivity index (χ3v) is 5.61. The minimum Gasteiger partial charge on any atom is -0.444 e. The lowest BCUT2D eigenvalue weighted by molar-refractivity contribution is -0.000895. The summed E-state index contributed by atoms with van der Waals surface area (Å²) in [6.07, 6.45) is 4.88. The molecule has 0 atom stereocenters. The van der Waals surface area contributed by atoms with Crippen LogP contribution in [0.5, 0.6) is 0 Å². The van der Waals surface area contributed by atoms with E-state index in [1.165, 1.54) is 0 Å². The van der Waals surface area contributed by atoms with Crippen molar-refractivity contribution in [2.75, 3.05) is 24.5 Å². The van der Waals surface area contributed by atoms with Crippen molar-refractivity contribution in [2.24, 2.45) is 5.92 Å². The zero-order chi connectivity index (χ0) is 21.5. The molecule has 0 saturated carbocycles. The molecule has 0 N–H and O–H groups in total. The monoisotopic (exact) mass is 427 g/mol. The smallest absolute Gasteiger partial charge is 0.410 e. The summed E-state index contributed by atoms with van der Waals surface area (Å²) < 4.78 is 5.41. The summed E-state index contributed by atoms with van der Waals surface area (Å²) in [5, 5.41) is 0.652. The van der Waals surface area contributed by atoms with E-state index in [1.807, 2.05) is 39.1 Å². The van der Waals surface area contributed by atoms with E-state index >= 15 is 0 Å². The van der Waals surface area contributed by atoms with Crippen molar-refractivity contribution in [3.63, 3.8) is 0 Å². The number of aromatic nitrogens is 1. The number of amides is 2. The molecule has 1 saturated heterocycles. The van der Waals surface area contributed by atoms with E-state index in [9.17, 15) is 9.59 Å². The number of halogens is 1. The van der Waals surface area contributed by atoms with Gasteiger partial charge in [0, 0.05) is 36.4 Å². The van der Waals surface area contributed by atoms with Crippen molar-refractivity contribution >= 4 is 29.3 Å². The second kappa shape index (κ2) is 7.91. The quantitative estimate of drug-likeness (QED) is 0.730. The summed E-state index contributed by atoms with van der Waals surface area (Å²) in [5.41, 5.74) is 3.08. The van der Waals surface area contributed by atoms with Gasteiger partial charge in [0.15, 0.2) is 0 Å². The molecule has 2 amide bonds. The minimum atomic E-state index is -0.481. The number of nitrogens with zero attached hydrogens (tertiary/aromatic N) is 3. The fraction of sp³-hybridized carbons (Fsp3) is 0.435. The van der Waals surface area contributed by atoms with Gasteiger partial charge in [-0.3, -0.25) is 9.78 Å². The van der Waals surface area contributed by atoms with E-state index in [0.29, 0.717) is 36.1 Å². The lowest BCUT2D eigenvalue weighted by Gasteiger charge is -2.40. The molecule has 30 heavy (non-hydrogen) atoms. The molecule has 1 aromatic heterocycles. The summed E-state index contributed by atoms with van der Waals surface area (Å²) in [4.78, 5) is 32.9. The van der Waals surface area contributed by atoms with E-state index in [4.69, 9.17) is 16.3 Å². The van der Waals surface area contributed by atoms with E-state index in [0.717, 1.165) is 29.7 Å². The number of carbonyl (C=O) groups excluding carboxylic acids is 2. The normalized spacial score (nSPS) is 16.9. The summed E-state index contributed by atoms with van der Waals surface area (Å²) >= 11 is 6.06. The standard InChI is InChI=1S/C23H26ClN3O3/c1-23(2,3)30-22(29)26-13-16(14-26)8-15-9-19(12-25-11-15)27-7-6-17-10-18(24)4-5-20(17)21(27)28/h4-5,9-12,16H,6-8,13-14H2,1-3H3. The van der Waals surface area contributed by atoms with Gasteiger partial charge >= 0.3 is 6.09 Å². The Labute approximate surface area is 181 Å². The maximum atomic E-state index is 13.0. The zero-order valence-corrected chi connectivity index (χ0v) is 18.3. The third kappa shape index (κ3) is 4.43. The predicted octanol–water partition coefficient (Wildman–Crippen LogP) is 4.35. The second-order valence-corrected chi connectivity index (χ2v) is 9.45. The summed E-state index contributed by atoms with van der Waals surface area (Å²) in [5.74, 6) is 0.348. The Hall–Kier alpha value is -2.60. The Morgan fingerprint density at radius 3 is 2.73 bits per heavy atom. The van der Waals surface area contributed by atoms with Crippen molar-refractivity contribution in [2.45, 2.75) is 39.2 Å². The molecule has 6 nitrogen and oxygen atoms in total. The number of hydrogen-bond donors (Lipinski definition) is 0. The number of rotatable bonds is 3. The van der Waals surface area contributed by atoms with E-state index < -0.39 is 5.60 Å². The average Bonchev–Trinajstić information content (AvgIpc) is 2.63. The molecule has 0 unspecified atom stereocenters. The van der Waals surface area contributed by atoms with Gasteiger partial charge in [-0.1, -0.05) is 11.6 Å². The Kier molecular flexibility index (Phi) is 5.45. The first-order valence-corrected chi connectivity index (χ1v) is 10.6. The Balaban J connectivity index is 1.39. The molecule has 1 aromatic carbocycles. The van der Waals surface area contributed by atoms with Crippen LogP contribution < -0.4 is 4.90 Å². The Morgan fingerprint density at radius 1 is 1.23 bits per heavy atom. The molecule has 1 fully saturated rings. The van der Waals surface area contributed by atoms with Crippen LogP contribution >= 0.6 is 11.6 Å². The van der Waals surface area contributed by atoms with Gasteiger partial charge in [-0.2, -0.15) is 0 Å². The molecular weight excluding hydrogens is 402 g/mol. The highest BCUT2D eigenvalue weighted by Crippen LogP contribution is 2.28. The topological polar surface area (TPSA) is 62.7 Å². The second-order valence-electron chi connectivity index (χ2n) is 9.02. The van der Waals surface area contributed by atoms with Crippen LogP contribution in [0, 0.1) is 5.92 Å². The molecule has 2 aliphatic heterocycles. The maximum absolute atomic E-state index is 13.0. The summed E-state index contributed by atoms with van der Waals surface area (Å²) in [6.45, 7) is 7.57. The molecular formula is C23H26ClN3O3. The fourth-order valence-corrected chi connectivity index (χ4v) is 4.14. The number of fused-ring (bicyclic) bond motifs is 1. The number of pyridine rings is 1. The van der Waals surface area contributed by atoms with Crippen LogP contribution in [0.3, 0.4) is 0 Å². The summed E-state index contributed by atoms with van der Waals surface area (Å²) in [6, 6.07) is 7.45. The molecule has 0 aliphatic carbocycles. The predicted molar refractivity (Wildman–Crippen MR) is 116 cm³/mol. The fourth-order valence-electron chi connectivity index (χ4n) is 3.94. The number of carbonyl (C=O) groups is 2. The van der Waals surface area contributed by atoms with Crippen molar-refractivity contribution in [3.8, 4) is 0 Å².